The van der Waals surface area contributed by atoms with Crippen molar-refractivity contribution >= 4 is 17.2 Å². The van der Waals surface area contributed by atoms with E-state index in [0.29, 0.717) is 37.9 Å². The summed E-state index contributed by atoms with van der Waals surface area (Å²) in [4.78, 5) is 4.32. The average molecular weight is 270 g/mol. The highest BCUT2D eigenvalue weighted by atomic mass is 32.1. The second kappa shape index (κ2) is 8.79. The molecule has 1 heterocycles. The molecular formula is C12H18N2O3S. The van der Waals surface area contributed by atoms with Crippen molar-refractivity contribution in [2.24, 2.45) is 5.73 Å². The van der Waals surface area contributed by atoms with Crippen LogP contribution in [0.4, 0.5) is 0 Å². The van der Waals surface area contributed by atoms with Crippen LogP contribution in [0.3, 0.4) is 0 Å². The number of pyridine rings is 1. The Morgan fingerprint density at radius 2 is 2.17 bits per heavy atom. The number of rotatable bonds is 9. The van der Waals surface area contributed by atoms with Crippen molar-refractivity contribution < 1.29 is 14.2 Å². The van der Waals surface area contributed by atoms with Crippen LogP contribution in [0.2, 0.25) is 0 Å². The predicted octanol–water partition coefficient (Wildman–Crippen LogP) is 1.15. The summed E-state index contributed by atoms with van der Waals surface area (Å²) in [6.45, 7) is 2.37. The van der Waals surface area contributed by atoms with E-state index in [9.17, 15) is 0 Å². The molecule has 0 amide bonds. The van der Waals surface area contributed by atoms with E-state index in [1.807, 2.05) is 0 Å². The molecule has 6 heteroatoms. The van der Waals surface area contributed by atoms with Gasteiger partial charge in [-0.25, -0.2) is 4.98 Å². The van der Waals surface area contributed by atoms with E-state index in [0.717, 1.165) is 6.42 Å². The van der Waals surface area contributed by atoms with Crippen molar-refractivity contribution in [3.05, 3.63) is 24.0 Å². The number of methoxy groups -OCH3 is 1. The van der Waals surface area contributed by atoms with Gasteiger partial charge in [0.1, 0.15) is 16.4 Å². The van der Waals surface area contributed by atoms with Crippen LogP contribution in [0.25, 0.3) is 0 Å². The minimum absolute atomic E-state index is 0.238. The minimum Gasteiger partial charge on any atom is -0.491 e. The van der Waals surface area contributed by atoms with Crippen molar-refractivity contribution in [1.29, 1.82) is 0 Å². The minimum atomic E-state index is 0.238. The highest BCUT2D eigenvalue weighted by molar-refractivity contribution is 7.80. The van der Waals surface area contributed by atoms with Gasteiger partial charge in [0.15, 0.2) is 0 Å². The van der Waals surface area contributed by atoms with Crippen LogP contribution in [-0.4, -0.2) is 43.5 Å². The normalized spacial score (nSPS) is 10.3. The Labute approximate surface area is 112 Å². The molecule has 0 aliphatic heterocycles. The number of aromatic nitrogens is 1. The van der Waals surface area contributed by atoms with Crippen molar-refractivity contribution in [2.45, 2.75) is 6.42 Å². The number of hydrogen-bond acceptors (Lipinski definition) is 5. The number of hydrogen-bond donors (Lipinski definition) is 1. The summed E-state index contributed by atoms with van der Waals surface area (Å²) in [5.74, 6) is 0.613. The molecule has 18 heavy (non-hydrogen) atoms. The van der Waals surface area contributed by atoms with Gasteiger partial charge in [-0.1, -0.05) is 12.2 Å². The molecule has 0 spiro atoms. The van der Waals surface area contributed by atoms with E-state index in [1.54, 1.807) is 25.4 Å². The second-order valence-electron chi connectivity index (χ2n) is 3.52. The lowest BCUT2D eigenvalue weighted by molar-refractivity contribution is 0.0644. The zero-order chi connectivity index (χ0) is 13.2. The number of ether oxygens (including phenoxy) is 3. The SMILES string of the molecule is COCCOCCCOc1cccnc1C(N)=S. The summed E-state index contributed by atoms with van der Waals surface area (Å²) in [5.41, 5.74) is 6.07. The molecule has 0 atom stereocenters. The van der Waals surface area contributed by atoms with Gasteiger partial charge in [0.25, 0.3) is 0 Å². The first kappa shape index (κ1) is 14.8. The Hall–Kier alpha value is -1.24. The molecule has 100 valence electrons. The van der Waals surface area contributed by atoms with Crippen LogP contribution in [0.5, 0.6) is 5.75 Å². The smallest absolute Gasteiger partial charge is 0.147 e. The number of nitrogens with zero attached hydrogens (tertiary/aromatic N) is 1. The van der Waals surface area contributed by atoms with E-state index in [-0.39, 0.29) is 4.99 Å². The van der Waals surface area contributed by atoms with E-state index in [2.05, 4.69) is 4.98 Å². The van der Waals surface area contributed by atoms with E-state index in [1.165, 1.54) is 0 Å². The maximum Gasteiger partial charge on any atom is 0.147 e. The highest BCUT2D eigenvalue weighted by Crippen LogP contribution is 2.15. The summed E-state index contributed by atoms with van der Waals surface area (Å²) in [7, 11) is 1.64. The molecule has 0 saturated carbocycles. The predicted molar refractivity (Wildman–Crippen MR) is 72.9 cm³/mol. The summed E-state index contributed by atoms with van der Waals surface area (Å²) in [5, 5.41) is 0. The Morgan fingerprint density at radius 3 is 2.89 bits per heavy atom. The van der Waals surface area contributed by atoms with Crippen LogP contribution in [0.15, 0.2) is 18.3 Å². The highest BCUT2D eigenvalue weighted by Gasteiger charge is 2.06. The fourth-order valence-electron chi connectivity index (χ4n) is 1.28. The molecule has 1 aromatic heterocycles. The summed E-state index contributed by atoms with van der Waals surface area (Å²) in [6, 6.07) is 3.58. The van der Waals surface area contributed by atoms with Crippen molar-refractivity contribution in [3.63, 3.8) is 0 Å². The lowest BCUT2D eigenvalue weighted by Gasteiger charge is -2.09. The first-order valence-electron chi connectivity index (χ1n) is 5.70. The molecule has 0 saturated heterocycles. The molecule has 1 aromatic rings. The van der Waals surface area contributed by atoms with Crippen molar-refractivity contribution in [1.82, 2.24) is 4.98 Å². The first-order chi connectivity index (χ1) is 8.75. The van der Waals surface area contributed by atoms with Gasteiger partial charge in [-0.3, -0.25) is 0 Å². The Kier molecular flexibility index (Phi) is 7.24. The average Bonchev–Trinajstić information content (AvgIpc) is 2.38. The van der Waals surface area contributed by atoms with E-state index < -0.39 is 0 Å². The molecule has 2 N–H and O–H groups in total. The van der Waals surface area contributed by atoms with Crippen LogP contribution in [-0.2, 0) is 9.47 Å². The molecule has 0 bridgehead atoms. The Bertz CT molecular complexity index is 374. The molecule has 1 rings (SSSR count). The van der Waals surface area contributed by atoms with Gasteiger partial charge in [0.05, 0.1) is 19.8 Å². The molecular weight excluding hydrogens is 252 g/mol. The lowest BCUT2D eigenvalue weighted by Crippen LogP contribution is -2.14. The molecule has 0 aliphatic carbocycles. The summed E-state index contributed by atoms with van der Waals surface area (Å²) >= 11 is 4.90. The van der Waals surface area contributed by atoms with E-state index >= 15 is 0 Å². The van der Waals surface area contributed by atoms with Gasteiger partial charge in [-0.05, 0) is 12.1 Å². The third-order valence-corrected chi connectivity index (χ3v) is 2.32. The zero-order valence-electron chi connectivity index (χ0n) is 10.4. The fraction of sp³-hybridized carbons (Fsp3) is 0.500. The maximum atomic E-state index is 5.56. The van der Waals surface area contributed by atoms with Gasteiger partial charge < -0.3 is 19.9 Å². The number of thiocarbonyl (C=S) groups is 1. The van der Waals surface area contributed by atoms with Crippen LogP contribution in [0, 0.1) is 0 Å². The largest absolute Gasteiger partial charge is 0.491 e. The van der Waals surface area contributed by atoms with Crippen molar-refractivity contribution in [2.75, 3.05) is 33.5 Å². The third kappa shape index (κ3) is 5.39. The summed E-state index contributed by atoms with van der Waals surface area (Å²) in [6.07, 6.45) is 2.42. The molecule has 0 aromatic carbocycles. The third-order valence-electron chi connectivity index (χ3n) is 2.13. The van der Waals surface area contributed by atoms with Crippen LogP contribution >= 0.6 is 12.2 Å². The van der Waals surface area contributed by atoms with Gasteiger partial charge in [-0.2, -0.15) is 0 Å². The molecule has 5 nitrogen and oxygen atoms in total. The van der Waals surface area contributed by atoms with Gasteiger partial charge >= 0.3 is 0 Å². The molecule has 0 unspecified atom stereocenters. The maximum absolute atomic E-state index is 5.56. The lowest BCUT2D eigenvalue weighted by atomic mass is 10.3. The Morgan fingerprint density at radius 1 is 1.33 bits per heavy atom. The van der Waals surface area contributed by atoms with Crippen LogP contribution < -0.4 is 10.5 Å². The monoisotopic (exact) mass is 270 g/mol. The topological polar surface area (TPSA) is 66.6 Å². The molecule has 0 radical (unpaired) electrons. The van der Waals surface area contributed by atoms with Gasteiger partial charge in [-0.15, -0.1) is 0 Å². The standard InChI is InChI=1S/C12H18N2O3S/c1-15-8-9-16-6-3-7-17-10-4-2-5-14-11(10)12(13)18/h2,4-5H,3,6-9H2,1H3,(H2,13,18). The molecule has 0 fully saturated rings. The van der Waals surface area contributed by atoms with Crippen molar-refractivity contribution in [3.8, 4) is 5.75 Å². The number of nitrogens with two attached hydrogens (primary N) is 1. The quantitative estimate of drug-likeness (QED) is 0.536. The summed E-state index contributed by atoms with van der Waals surface area (Å²) < 4.78 is 15.7. The second-order valence-corrected chi connectivity index (χ2v) is 3.96. The van der Waals surface area contributed by atoms with Gasteiger partial charge in [0, 0.05) is 26.3 Å². The first-order valence-corrected chi connectivity index (χ1v) is 6.11. The van der Waals surface area contributed by atoms with Gasteiger partial charge in [0.2, 0.25) is 0 Å². The zero-order valence-corrected chi connectivity index (χ0v) is 11.2. The van der Waals surface area contributed by atoms with Crippen LogP contribution in [0.1, 0.15) is 12.1 Å². The fourth-order valence-corrected chi connectivity index (χ4v) is 1.43. The van der Waals surface area contributed by atoms with E-state index in [4.69, 9.17) is 32.2 Å². The molecule has 0 aliphatic rings. The Balaban J connectivity index is 2.25.